The van der Waals surface area contributed by atoms with Gasteiger partial charge in [-0.05, 0) is 30.4 Å². The van der Waals surface area contributed by atoms with Crippen LogP contribution in [0.4, 0.5) is 0 Å². The highest BCUT2D eigenvalue weighted by atomic mass is 32.2. The highest BCUT2D eigenvalue weighted by Gasteiger charge is 1.97. The molecule has 1 nitrogen and oxygen atoms in total. The van der Waals surface area contributed by atoms with Crippen LogP contribution in [0.5, 0.6) is 0 Å². The van der Waals surface area contributed by atoms with E-state index in [1.807, 2.05) is 0 Å². The fourth-order valence-corrected chi connectivity index (χ4v) is 1.78. The van der Waals surface area contributed by atoms with Gasteiger partial charge in [0.1, 0.15) is 0 Å². The molecule has 0 bridgehead atoms. The molecule has 1 aromatic rings. The van der Waals surface area contributed by atoms with Crippen LogP contribution in [0.15, 0.2) is 23.1 Å². The lowest BCUT2D eigenvalue weighted by atomic mass is 10.1. The molecule has 0 atom stereocenters. The van der Waals surface area contributed by atoms with Crippen molar-refractivity contribution >= 4 is 11.8 Å². The second-order valence-electron chi connectivity index (χ2n) is 2.74. The number of hydrogen-bond acceptors (Lipinski definition) is 2. The second-order valence-corrected chi connectivity index (χ2v) is 3.59. The van der Waals surface area contributed by atoms with E-state index in [9.17, 15) is 0 Å². The molecular formula is C10H14OS. The van der Waals surface area contributed by atoms with Gasteiger partial charge < -0.3 is 4.74 Å². The molecule has 0 fully saturated rings. The molecule has 12 heavy (non-hydrogen) atoms. The van der Waals surface area contributed by atoms with Crippen molar-refractivity contribution in [1.82, 2.24) is 0 Å². The first kappa shape index (κ1) is 9.62. The molecule has 0 aromatic heterocycles. The van der Waals surface area contributed by atoms with Crippen molar-refractivity contribution in [3.8, 4) is 0 Å². The summed E-state index contributed by atoms with van der Waals surface area (Å²) in [6, 6.07) is 6.44. The van der Waals surface area contributed by atoms with Crippen molar-refractivity contribution in [3.05, 3.63) is 29.3 Å². The summed E-state index contributed by atoms with van der Waals surface area (Å²) in [6.07, 6.45) is 2.10. The molecule has 1 rings (SSSR count). The fraction of sp³-hybridized carbons (Fsp3) is 0.400. The predicted octanol–water partition coefficient (Wildman–Crippen LogP) is 2.86. The zero-order valence-electron chi connectivity index (χ0n) is 7.76. The van der Waals surface area contributed by atoms with E-state index in [-0.39, 0.29) is 0 Å². The van der Waals surface area contributed by atoms with E-state index in [0.29, 0.717) is 6.61 Å². The molecule has 2 heteroatoms. The summed E-state index contributed by atoms with van der Waals surface area (Å²) in [5, 5.41) is 0. The largest absolute Gasteiger partial charge is 0.380 e. The maximum Gasteiger partial charge on any atom is 0.0713 e. The Morgan fingerprint density at radius 2 is 2.17 bits per heavy atom. The highest BCUT2D eigenvalue weighted by Crippen LogP contribution is 2.20. The Labute approximate surface area is 78.1 Å². The molecule has 0 radical (unpaired) electrons. The lowest BCUT2D eigenvalue weighted by Gasteiger charge is -2.04. The summed E-state index contributed by atoms with van der Waals surface area (Å²) < 4.78 is 5.05. The lowest BCUT2D eigenvalue weighted by Crippen LogP contribution is -1.88. The molecule has 0 aliphatic rings. The molecule has 0 unspecified atom stereocenters. The minimum absolute atomic E-state index is 0.704. The van der Waals surface area contributed by atoms with Crippen molar-refractivity contribution in [2.75, 3.05) is 13.4 Å². The summed E-state index contributed by atoms with van der Waals surface area (Å²) >= 11 is 1.78. The van der Waals surface area contributed by atoms with Gasteiger partial charge in [0.15, 0.2) is 0 Å². The topological polar surface area (TPSA) is 9.23 Å². The summed E-state index contributed by atoms with van der Waals surface area (Å²) in [7, 11) is 1.72. The quantitative estimate of drug-likeness (QED) is 0.665. The Hall–Kier alpha value is -0.470. The van der Waals surface area contributed by atoms with E-state index in [1.165, 1.54) is 16.0 Å². The van der Waals surface area contributed by atoms with Gasteiger partial charge in [0, 0.05) is 12.0 Å². The number of thioether (sulfide) groups is 1. The van der Waals surface area contributed by atoms with E-state index in [1.54, 1.807) is 18.9 Å². The monoisotopic (exact) mass is 182 g/mol. The number of rotatable bonds is 3. The first-order valence-electron chi connectivity index (χ1n) is 3.90. The Kier molecular flexibility index (Phi) is 3.63. The van der Waals surface area contributed by atoms with Crippen LogP contribution < -0.4 is 0 Å². The van der Waals surface area contributed by atoms with Crippen LogP contribution in [-0.4, -0.2) is 13.4 Å². The molecule has 0 aliphatic carbocycles. The first-order valence-corrected chi connectivity index (χ1v) is 5.13. The summed E-state index contributed by atoms with van der Waals surface area (Å²) in [5.41, 5.74) is 2.57. The van der Waals surface area contributed by atoms with Gasteiger partial charge in [0.25, 0.3) is 0 Å². The van der Waals surface area contributed by atoms with Gasteiger partial charge in [-0.15, -0.1) is 11.8 Å². The standard InChI is InChI=1S/C10H14OS/c1-8-6-9(7-11-2)4-5-10(8)12-3/h4-6H,7H2,1-3H3. The fourth-order valence-electron chi connectivity index (χ4n) is 1.20. The smallest absolute Gasteiger partial charge is 0.0713 e. The average Bonchev–Trinajstić information content (AvgIpc) is 2.05. The van der Waals surface area contributed by atoms with E-state index >= 15 is 0 Å². The molecular weight excluding hydrogens is 168 g/mol. The van der Waals surface area contributed by atoms with E-state index in [4.69, 9.17) is 4.74 Å². The van der Waals surface area contributed by atoms with Crippen molar-refractivity contribution < 1.29 is 4.74 Å². The Morgan fingerprint density at radius 3 is 2.67 bits per heavy atom. The average molecular weight is 182 g/mol. The van der Waals surface area contributed by atoms with Gasteiger partial charge in [-0.1, -0.05) is 12.1 Å². The van der Waals surface area contributed by atoms with Gasteiger partial charge in [0.2, 0.25) is 0 Å². The minimum atomic E-state index is 0.704. The van der Waals surface area contributed by atoms with E-state index < -0.39 is 0 Å². The van der Waals surface area contributed by atoms with Crippen LogP contribution in [0.3, 0.4) is 0 Å². The van der Waals surface area contributed by atoms with Gasteiger partial charge in [-0.3, -0.25) is 0 Å². The molecule has 0 saturated heterocycles. The van der Waals surface area contributed by atoms with E-state index in [0.717, 1.165) is 0 Å². The van der Waals surface area contributed by atoms with Crippen LogP contribution in [0, 0.1) is 6.92 Å². The Balaban J connectivity index is 2.86. The molecule has 66 valence electrons. The summed E-state index contributed by atoms with van der Waals surface area (Å²) in [6.45, 7) is 2.83. The van der Waals surface area contributed by atoms with Gasteiger partial charge in [0.05, 0.1) is 6.61 Å². The first-order chi connectivity index (χ1) is 5.77. The molecule has 0 saturated carbocycles. The molecule has 0 spiro atoms. The minimum Gasteiger partial charge on any atom is -0.380 e. The van der Waals surface area contributed by atoms with Crippen LogP contribution in [-0.2, 0) is 11.3 Å². The molecule has 0 amide bonds. The van der Waals surface area contributed by atoms with Gasteiger partial charge >= 0.3 is 0 Å². The van der Waals surface area contributed by atoms with Crippen molar-refractivity contribution in [3.63, 3.8) is 0 Å². The second kappa shape index (κ2) is 4.53. The van der Waals surface area contributed by atoms with Crippen molar-refractivity contribution in [2.24, 2.45) is 0 Å². The molecule has 0 heterocycles. The van der Waals surface area contributed by atoms with Gasteiger partial charge in [-0.2, -0.15) is 0 Å². The zero-order chi connectivity index (χ0) is 8.97. The Morgan fingerprint density at radius 1 is 1.42 bits per heavy atom. The van der Waals surface area contributed by atoms with Gasteiger partial charge in [-0.25, -0.2) is 0 Å². The normalized spacial score (nSPS) is 10.2. The third kappa shape index (κ3) is 2.26. The molecule has 0 N–H and O–H groups in total. The van der Waals surface area contributed by atoms with Crippen molar-refractivity contribution in [2.45, 2.75) is 18.4 Å². The van der Waals surface area contributed by atoms with Crippen molar-refractivity contribution in [1.29, 1.82) is 0 Å². The molecule has 1 aromatic carbocycles. The maximum atomic E-state index is 5.05. The van der Waals surface area contributed by atoms with Crippen LogP contribution >= 0.6 is 11.8 Å². The highest BCUT2D eigenvalue weighted by molar-refractivity contribution is 7.98. The Bertz CT molecular complexity index is 258. The van der Waals surface area contributed by atoms with Crippen LogP contribution in [0.25, 0.3) is 0 Å². The third-order valence-corrected chi connectivity index (χ3v) is 2.67. The van der Waals surface area contributed by atoms with E-state index in [2.05, 4.69) is 31.4 Å². The summed E-state index contributed by atoms with van der Waals surface area (Å²) in [4.78, 5) is 1.34. The third-order valence-electron chi connectivity index (χ3n) is 1.77. The predicted molar refractivity (Wildman–Crippen MR) is 53.7 cm³/mol. The number of methoxy groups -OCH3 is 1. The SMILES string of the molecule is COCc1ccc(SC)c(C)c1. The van der Waals surface area contributed by atoms with Crippen LogP contribution in [0.1, 0.15) is 11.1 Å². The number of aryl methyl sites for hydroxylation is 1. The van der Waals surface area contributed by atoms with Crippen LogP contribution in [0.2, 0.25) is 0 Å². The number of hydrogen-bond donors (Lipinski definition) is 0. The number of ether oxygens (including phenoxy) is 1. The maximum absolute atomic E-state index is 5.05. The lowest BCUT2D eigenvalue weighted by molar-refractivity contribution is 0.185. The summed E-state index contributed by atoms with van der Waals surface area (Å²) in [5.74, 6) is 0. The molecule has 0 aliphatic heterocycles. The number of benzene rings is 1. The zero-order valence-corrected chi connectivity index (χ0v) is 8.57.